The highest BCUT2D eigenvalue weighted by molar-refractivity contribution is 5.73. The van der Waals surface area contributed by atoms with Crippen molar-refractivity contribution in [3.05, 3.63) is 107 Å². The Bertz CT molecular complexity index is 1220. The SMILES string of the molecule is OCCc1ccc(Nc2ncc3c(n2)-c2ccccc2[C@H](c2ccccc2F)C3)cc1. The van der Waals surface area contributed by atoms with Crippen LogP contribution in [0, 0.1) is 5.82 Å². The monoisotopic (exact) mass is 411 g/mol. The topological polar surface area (TPSA) is 58.0 Å². The summed E-state index contributed by atoms with van der Waals surface area (Å²) in [5.74, 6) is 0.272. The summed E-state index contributed by atoms with van der Waals surface area (Å²) in [5.41, 5.74) is 6.65. The number of aliphatic hydroxyl groups excluding tert-OH is 1. The van der Waals surface area contributed by atoms with Crippen molar-refractivity contribution in [1.29, 1.82) is 0 Å². The van der Waals surface area contributed by atoms with E-state index in [1.807, 2.05) is 60.8 Å². The van der Waals surface area contributed by atoms with Crippen LogP contribution in [-0.4, -0.2) is 21.7 Å². The predicted octanol–water partition coefficient (Wildman–Crippen LogP) is 5.25. The lowest BCUT2D eigenvalue weighted by Crippen LogP contribution is -2.16. The fraction of sp³-hybridized carbons (Fsp3) is 0.154. The Hall–Kier alpha value is -3.57. The molecule has 1 aliphatic carbocycles. The summed E-state index contributed by atoms with van der Waals surface area (Å²) in [7, 11) is 0. The van der Waals surface area contributed by atoms with Crippen molar-refractivity contribution in [2.45, 2.75) is 18.8 Å². The van der Waals surface area contributed by atoms with Gasteiger partial charge in [-0.1, -0.05) is 54.6 Å². The Morgan fingerprint density at radius 1 is 0.935 bits per heavy atom. The zero-order valence-electron chi connectivity index (χ0n) is 16.9. The van der Waals surface area contributed by atoms with Crippen molar-refractivity contribution >= 4 is 11.6 Å². The fourth-order valence-electron chi connectivity index (χ4n) is 4.24. The second-order valence-electron chi connectivity index (χ2n) is 7.73. The average Bonchev–Trinajstić information content (AvgIpc) is 2.81. The molecule has 3 aromatic carbocycles. The van der Waals surface area contributed by atoms with Crippen LogP contribution in [0.3, 0.4) is 0 Å². The number of aliphatic hydroxyl groups is 1. The highest BCUT2D eigenvalue weighted by Crippen LogP contribution is 2.42. The third-order valence-corrected chi connectivity index (χ3v) is 5.77. The lowest BCUT2D eigenvalue weighted by molar-refractivity contribution is 0.299. The minimum atomic E-state index is -0.186. The highest BCUT2D eigenvalue weighted by Gasteiger charge is 2.28. The van der Waals surface area contributed by atoms with Gasteiger partial charge >= 0.3 is 0 Å². The second kappa shape index (κ2) is 8.28. The van der Waals surface area contributed by atoms with Crippen LogP contribution in [0.2, 0.25) is 0 Å². The first-order valence-corrected chi connectivity index (χ1v) is 10.4. The Morgan fingerprint density at radius 3 is 2.45 bits per heavy atom. The van der Waals surface area contributed by atoms with E-state index >= 15 is 0 Å². The third kappa shape index (κ3) is 3.80. The van der Waals surface area contributed by atoms with Gasteiger partial charge in [-0.3, -0.25) is 0 Å². The van der Waals surface area contributed by atoms with Crippen molar-refractivity contribution in [1.82, 2.24) is 9.97 Å². The predicted molar refractivity (Wildman–Crippen MR) is 120 cm³/mol. The number of halogens is 1. The number of nitrogens with one attached hydrogen (secondary N) is 1. The lowest BCUT2D eigenvalue weighted by atomic mass is 9.78. The molecular formula is C26H22FN3O. The van der Waals surface area contributed by atoms with Gasteiger partial charge in [0, 0.05) is 30.0 Å². The van der Waals surface area contributed by atoms with Crippen molar-refractivity contribution in [3.63, 3.8) is 0 Å². The molecule has 5 heteroatoms. The molecule has 0 saturated carbocycles. The molecule has 2 N–H and O–H groups in total. The van der Waals surface area contributed by atoms with Crippen LogP contribution >= 0.6 is 0 Å². The molecule has 1 heterocycles. The number of benzene rings is 3. The number of hydrogen-bond acceptors (Lipinski definition) is 4. The molecule has 0 spiro atoms. The minimum Gasteiger partial charge on any atom is -0.396 e. The number of aromatic nitrogens is 2. The van der Waals surface area contributed by atoms with E-state index in [2.05, 4.69) is 16.4 Å². The molecule has 1 atom stereocenters. The van der Waals surface area contributed by atoms with Crippen LogP contribution in [-0.2, 0) is 12.8 Å². The molecule has 0 fully saturated rings. The smallest absolute Gasteiger partial charge is 0.227 e. The van der Waals surface area contributed by atoms with Crippen LogP contribution in [0.15, 0.2) is 79.0 Å². The molecule has 0 radical (unpaired) electrons. The zero-order valence-corrected chi connectivity index (χ0v) is 16.9. The summed E-state index contributed by atoms with van der Waals surface area (Å²) in [6, 6.07) is 22.9. The molecule has 0 aliphatic heterocycles. The third-order valence-electron chi connectivity index (χ3n) is 5.77. The number of hydrogen-bond donors (Lipinski definition) is 2. The van der Waals surface area contributed by atoms with E-state index in [-0.39, 0.29) is 18.3 Å². The van der Waals surface area contributed by atoms with Crippen molar-refractivity contribution in [2.24, 2.45) is 0 Å². The van der Waals surface area contributed by atoms with Crippen LogP contribution in [0.25, 0.3) is 11.3 Å². The van der Waals surface area contributed by atoms with Gasteiger partial charge in [0.2, 0.25) is 5.95 Å². The molecule has 0 unspecified atom stereocenters. The van der Waals surface area contributed by atoms with E-state index < -0.39 is 0 Å². The Labute approximate surface area is 180 Å². The number of fused-ring (bicyclic) bond motifs is 3. The Morgan fingerprint density at radius 2 is 1.68 bits per heavy atom. The van der Waals surface area contributed by atoms with Gasteiger partial charge in [-0.25, -0.2) is 14.4 Å². The van der Waals surface area contributed by atoms with E-state index in [0.717, 1.165) is 33.6 Å². The molecule has 31 heavy (non-hydrogen) atoms. The maximum absolute atomic E-state index is 14.6. The van der Waals surface area contributed by atoms with Gasteiger partial charge in [0.25, 0.3) is 0 Å². The summed E-state index contributed by atoms with van der Waals surface area (Å²) in [6.07, 6.45) is 3.13. The Balaban J connectivity index is 1.49. The van der Waals surface area contributed by atoms with Gasteiger partial charge in [-0.2, -0.15) is 0 Å². The number of rotatable bonds is 5. The summed E-state index contributed by atoms with van der Waals surface area (Å²) in [6.45, 7) is 0.133. The summed E-state index contributed by atoms with van der Waals surface area (Å²) >= 11 is 0. The first-order chi connectivity index (χ1) is 15.2. The normalized spacial score (nSPS) is 14.6. The van der Waals surface area contributed by atoms with Gasteiger partial charge in [0.15, 0.2) is 0 Å². The van der Waals surface area contributed by atoms with Crippen molar-refractivity contribution in [2.75, 3.05) is 11.9 Å². The van der Waals surface area contributed by atoms with Crippen LogP contribution in [0.1, 0.15) is 28.2 Å². The van der Waals surface area contributed by atoms with Crippen LogP contribution < -0.4 is 5.32 Å². The molecule has 1 aliphatic rings. The first kappa shape index (κ1) is 19.4. The van der Waals surface area contributed by atoms with Gasteiger partial charge in [0.05, 0.1) is 5.69 Å². The molecule has 154 valence electrons. The quantitative estimate of drug-likeness (QED) is 0.471. The van der Waals surface area contributed by atoms with Crippen molar-refractivity contribution < 1.29 is 9.50 Å². The van der Waals surface area contributed by atoms with Crippen molar-refractivity contribution in [3.8, 4) is 11.3 Å². The largest absolute Gasteiger partial charge is 0.396 e. The molecule has 0 saturated heterocycles. The number of nitrogens with zero attached hydrogens (tertiary/aromatic N) is 2. The molecule has 0 bridgehead atoms. The van der Waals surface area contributed by atoms with E-state index in [1.54, 1.807) is 6.07 Å². The Kier molecular flexibility index (Phi) is 5.18. The van der Waals surface area contributed by atoms with Gasteiger partial charge in [0.1, 0.15) is 5.82 Å². The summed E-state index contributed by atoms with van der Waals surface area (Å²) in [4.78, 5) is 9.32. The molecule has 1 aromatic heterocycles. The van der Waals surface area contributed by atoms with E-state index in [4.69, 9.17) is 10.1 Å². The van der Waals surface area contributed by atoms with Crippen LogP contribution in [0.4, 0.5) is 16.0 Å². The fourth-order valence-corrected chi connectivity index (χ4v) is 4.24. The molecular weight excluding hydrogens is 389 g/mol. The lowest BCUT2D eigenvalue weighted by Gasteiger charge is -2.27. The van der Waals surface area contributed by atoms with Gasteiger partial charge in [-0.15, -0.1) is 0 Å². The number of anilines is 2. The minimum absolute atomic E-state index is 0.0635. The van der Waals surface area contributed by atoms with E-state index in [9.17, 15) is 4.39 Å². The maximum atomic E-state index is 14.6. The molecule has 5 rings (SSSR count). The molecule has 4 aromatic rings. The zero-order chi connectivity index (χ0) is 21.2. The second-order valence-corrected chi connectivity index (χ2v) is 7.73. The summed E-state index contributed by atoms with van der Waals surface area (Å²) < 4.78 is 14.6. The van der Waals surface area contributed by atoms with E-state index in [1.165, 1.54) is 6.07 Å². The summed E-state index contributed by atoms with van der Waals surface area (Å²) in [5, 5.41) is 12.3. The van der Waals surface area contributed by atoms with Crippen LogP contribution in [0.5, 0.6) is 0 Å². The van der Waals surface area contributed by atoms with E-state index in [0.29, 0.717) is 24.4 Å². The van der Waals surface area contributed by atoms with Gasteiger partial charge < -0.3 is 10.4 Å². The molecule has 4 nitrogen and oxygen atoms in total. The maximum Gasteiger partial charge on any atom is 0.227 e. The average molecular weight is 411 g/mol. The highest BCUT2D eigenvalue weighted by atomic mass is 19.1. The molecule has 0 amide bonds. The standard InChI is InChI=1S/C26H22FN3O/c27-24-8-4-3-6-21(24)23-15-18-16-28-26(29-19-11-9-17(10-12-19)13-14-31)30-25(18)22-7-2-1-5-20(22)23/h1-12,16,23,31H,13-15H2,(H,28,29,30)/t23-/m1/s1. The van der Waals surface area contributed by atoms with Gasteiger partial charge in [-0.05, 0) is 53.3 Å². The first-order valence-electron chi connectivity index (χ1n) is 10.4.